The molecule has 1 aromatic rings. The van der Waals surface area contributed by atoms with Crippen LogP contribution in [0.1, 0.15) is 10.5 Å². The van der Waals surface area contributed by atoms with E-state index in [2.05, 4.69) is 15.3 Å². The normalized spacial score (nSPS) is 16.0. The second-order valence-electron chi connectivity index (χ2n) is 2.97. The van der Waals surface area contributed by atoms with Gasteiger partial charge in [0.2, 0.25) is 5.88 Å². The van der Waals surface area contributed by atoms with Crippen molar-refractivity contribution in [1.29, 1.82) is 0 Å². The van der Waals surface area contributed by atoms with Crippen molar-refractivity contribution in [3.63, 3.8) is 0 Å². The van der Waals surface area contributed by atoms with Gasteiger partial charge in [-0.1, -0.05) is 0 Å². The highest BCUT2D eigenvalue weighted by atomic mass is 16.5. The largest absolute Gasteiger partial charge is 0.470 e. The molecule has 0 atom stereocenters. The molecule has 0 saturated carbocycles. The zero-order chi connectivity index (χ0) is 9.97. The lowest BCUT2D eigenvalue weighted by atomic mass is 10.2. The lowest BCUT2D eigenvalue weighted by Crippen LogP contribution is -2.50. The van der Waals surface area contributed by atoms with E-state index < -0.39 is 5.91 Å². The van der Waals surface area contributed by atoms with Gasteiger partial charge >= 0.3 is 0 Å². The van der Waals surface area contributed by atoms with Crippen molar-refractivity contribution < 1.29 is 9.53 Å². The predicted molar refractivity (Wildman–Crippen MR) is 47.8 cm³/mol. The molecular formula is C8H10N4O2. The summed E-state index contributed by atoms with van der Waals surface area (Å²) in [4.78, 5) is 18.6. The highest BCUT2D eigenvalue weighted by Crippen LogP contribution is 2.13. The minimum atomic E-state index is -0.625. The number of primary amides is 1. The number of aromatic nitrogens is 2. The molecule has 74 valence electrons. The van der Waals surface area contributed by atoms with E-state index in [9.17, 15) is 4.79 Å². The summed E-state index contributed by atoms with van der Waals surface area (Å²) in [6.07, 6.45) is 2.93. The van der Waals surface area contributed by atoms with Gasteiger partial charge in [0.25, 0.3) is 5.91 Å². The van der Waals surface area contributed by atoms with Crippen LogP contribution >= 0.6 is 0 Å². The van der Waals surface area contributed by atoms with Gasteiger partial charge in [-0.25, -0.2) is 9.97 Å². The van der Waals surface area contributed by atoms with Crippen molar-refractivity contribution in [3.8, 4) is 5.88 Å². The fourth-order valence-electron chi connectivity index (χ4n) is 1.08. The van der Waals surface area contributed by atoms with Crippen LogP contribution in [0, 0.1) is 0 Å². The molecule has 1 saturated heterocycles. The summed E-state index contributed by atoms with van der Waals surface area (Å²) >= 11 is 0. The van der Waals surface area contributed by atoms with E-state index in [-0.39, 0.29) is 17.7 Å². The Morgan fingerprint density at radius 1 is 1.50 bits per heavy atom. The molecule has 1 amide bonds. The minimum absolute atomic E-state index is 0.0600. The van der Waals surface area contributed by atoms with Gasteiger partial charge < -0.3 is 15.8 Å². The Bertz CT molecular complexity index is 351. The molecule has 3 N–H and O–H groups in total. The van der Waals surface area contributed by atoms with Crippen molar-refractivity contribution in [2.45, 2.75) is 6.10 Å². The molecule has 6 heteroatoms. The summed E-state index contributed by atoms with van der Waals surface area (Å²) in [7, 11) is 0. The number of nitrogens with zero attached hydrogens (tertiary/aromatic N) is 2. The van der Waals surface area contributed by atoms with Crippen LogP contribution in [0.3, 0.4) is 0 Å². The van der Waals surface area contributed by atoms with Crippen LogP contribution in [0.25, 0.3) is 0 Å². The Labute approximate surface area is 80.5 Å². The monoisotopic (exact) mass is 194 g/mol. The third kappa shape index (κ3) is 1.64. The first-order valence-electron chi connectivity index (χ1n) is 4.25. The third-order valence-electron chi connectivity index (χ3n) is 1.92. The molecule has 0 radical (unpaired) electrons. The number of carbonyl (C=O) groups excluding carboxylic acids is 1. The van der Waals surface area contributed by atoms with E-state index >= 15 is 0 Å². The van der Waals surface area contributed by atoms with E-state index in [1.807, 2.05) is 0 Å². The van der Waals surface area contributed by atoms with E-state index in [4.69, 9.17) is 10.5 Å². The van der Waals surface area contributed by atoms with Gasteiger partial charge in [0, 0.05) is 25.5 Å². The third-order valence-corrected chi connectivity index (χ3v) is 1.92. The highest BCUT2D eigenvalue weighted by molar-refractivity contribution is 5.92. The van der Waals surface area contributed by atoms with E-state index in [1.54, 1.807) is 0 Å². The number of nitrogens with two attached hydrogens (primary N) is 1. The molecule has 0 unspecified atom stereocenters. The molecule has 6 nitrogen and oxygen atoms in total. The van der Waals surface area contributed by atoms with Crippen LogP contribution in [0.15, 0.2) is 12.4 Å². The molecule has 0 aromatic carbocycles. The topological polar surface area (TPSA) is 90.1 Å². The summed E-state index contributed by atoms with van der Waals surface area (Å²) in [6, 6.07) is 0. The fraction of sp³-hybridized carbons (Fsp3) is 0.375. The molecule has 1 aliphatic heterocycles. The maximum Gasteiger partial charge on any atom is 0.272 e. The number of hydrogen-bond acceptors (Lipinski definition) is 5. The average molecular weight is 194 g/mol. The van der Waals surface area contributed by atoms with Gasteiger partial charge in [-0.15, -0.1) is 0 Å². The van der Waals surface area contributed by atoms with Gasteiger partial charge in [-0.05, 0) is 0 Å². The molecule has 0 spiro atoms. The Balaban J connectivity index is 2.17. The van der Waals surface area contributed by atoms with Gasteiger partial charge in [0.05, 0.1) is 0 Å². The number of rotatable bonds is 3. The summed E-state index contributed by atoms with van der Waals surface area (Å²) in [5, 5.41) is 3.04. The van der Waals surface area contributed by atoms with Crippen LogP contribution in [0.5, 0.6) is 5.88 Å². The number of amides is 1. The number of hydrogen-bond donors (Lipinski definition) is 2. The quantitative estimate of drug-likeness (QED) is 0.639. The predicted octanol–water partition coefficient (Wildman–Crippen LogP) is -1.07. The molecule has 1 fully saturated rings. The van der Waals surface area contributed by atoms with E-state index in [0.717, 1.165) is 13.1 Å². The van der Waals surface area contributed by atoms with Crippen molar-refractivity contribution in [3.05, 3.63) is 18.1 Å². The molecular weight excluding hydrogens is 184 g/mol. The second-order valence-corrected chi connectivity index (χ2v) is 2.97. The molecule has 14 heavy (non-hydrogen) atoms. The molecule has 1 aromatic heterocycles. The van der Waals surface area contributed by atoms with Gasteiger partial charge in [-0.3, -0.25) is 4.79 Å². The number of ether oxygens (including phenoxy) is 1. The molecule has 2 heterocycles. The van der Waals surface area contributed by atoms with Gasteiger partial charge in [-0.2, -0.15) is 0 Å². The van der Waals surface area contributed by atoms with Crippen LogP contribution in [0.4, 0.5) is 0 Å². The van der Waals surface area contributed by atoms with Gasteiger partial charge in [0.1, 0.15) is 6.10 Å². The zero-order valence-electron chi connectivity index (χ0n) is 7.43. The van der Waals surface area contributed by atoms with Crippen molar-refractivity contribution in [2.75, 3.05) is 13.1 Å². The highest BCUT2D eigenvalue weighted by Gasteiger charge is 2.22. The van der Waals surface area contributed by atoms with Crippen LogP contribution in [-0.2, 0) is 0 Å². The van der Waals surface area contributed by atoms with Crippen LogP contribution in [-0.4, -0.2) is 35.1 Å². The maximum atomic E-state index is 10.9. The van der Waals surface area contributed by atoms with Crippen LogP contribution < -0.4 is 15.8 Å². The second kappa shape index (κ2) is 3.59. The smallest absolute Gasteiger partial charge is 0.272 e. The summed E-state index contributed by atoms with van der Waals surface area (Å²) < 4.78 is 5.41. The van der Waals surface area contributed by atoms with Crippen molar-refractivity contribution in [1.82, 2.24) is 15.3 Å². The maximum absolute atomic E-state index is 10.9. The molecule has 0 bridgehead atoms. The molecule has 0 aliphatic carbocycles. The Hall–Kier alpha value is -1.69. The first kappa shape index (κ1) is 8.89. The van der Waals surface area contributed by atoms with Crippen LogP contribution in [0.2, 0.25) is 0 Å². The van der Waals surface area contributed by atoms with Gasteiger partial charge in [0.15, 0.2) is 5.69 Å². The fourth-order valence-corrected chi connectivity index (χ4v) is 1.08. The molecule has 2 rings (SSSR count). The standard InChI is InChI=1S/C8H10N4O2/c9-7(13)6-8(12-2-1-11-6)14-5-3-10-4-5/h1-2,5,10H,3-4H2,(H2,9,13). The SMILES string of the molecule is NC(=O)c1nccnc1OC1CNC1. The van der Waals surface area contributed by atoms with Crippen molar-refractivity contribution >= 4 is 5.91 Å². The minimum Gasteiger partial charge on any atom is -0.470 e. The number of carbonyl (C=O) groups is 1. The zero-order valence-corrected chi connectivity index (χ0v) is 7.43. The Morgan fingerprint density at radius 2 is 2.21 bits per heavy atom. The van der Waals surface area contributed by atoms with E-state index in [0.29, 0.717) is 0 Å². The van der Waals surface area contributed by atoms with E-state index in [1.165, 1.54) is 12.4 Å². The lowest BCUT2D eigenvalue weighted by molar-refractivity contribution is 0.0973. The van der Waals surface area contributed by atoms with Crippen molar-refractivity contribution in [2.24, 2.45) is 5.73 Å². The lowest BCUT2D eigenvalue weighted by Gasteiger charge is -2.27. The first-order chi connectivity index (χ1) is 6.77. The summed E-state index contributed by atoms with van der Waals surface area (Å²) in [5.74, 6) is -0.410. The summed E-state index contributed by atoms with van der Waals surface area (Å²) in [5.41, 5.74) is 5.20. The molecule has 1 aliphatic rings. The average Bonchev–Trinajstić information content (AvgIpc) is 2.12. The number of nitrogens with one attached hydrogen (secondary N) is 1. The first-order valence-corrected chi connectivity index (χ1v) is 4.25. The Kier molecular flexibility index (Phi) is 2.28. The Morgan fingerprint density at radius 3 is 2.79 bits per heavy atom. The summed E-state index contributed by atoms with van der Waals surface area (Å²) in [6.45, 7) is 1.52.